The van der Waals surface area contributed by atoms with Gasteiger partial charge in [0.2, 0.25) is 12.7 Å². The first-order valence-electron chi connectivity index (χ1n) is 9.61. The topological polar surface area (TPSA) is 106 Å². The summed E-state index contributed by atoms with van der Waals surface area (Å²) in [5, 5.41) is 5.21. The van der Waals surface area contributed by atoms with Crippen molar-refractivity contribution in [3.8, 4) is 17.2 Å². The van der Waals surface area contributed by atoms with Gasteiger partial charge < -0.3 is 24.8 Å². The molecule has 2 aliphatic heterocycles. The normalized spacial score (nSPS) is 19.3. The summed E-state index contributed by atoms with van der Waals surface area (Å²) in [6.07, 6.45) is 0. The number of ether oxygens (including phenoxy) is 3. The fraction of sp³-hybridized carbons (Fsp3) is 0.286. The Bertz CT molecular complexity index is 1060. The van der Waals surface area contributed by atoms with E-state index in [0.29, 0.717) is 17.1 Å². The number of alkyl halides is 2. The number of urea groups is 1. The lowest BCUT2D eigenvalue weighted by Gasteiger charge is -2.22. The van der Waals surface area contributed by atoms with Crippen molar-refractivity contribution in [2.24, 2.45) is 0 Å². The molecule has 0 aliphatic carbocycles. The Morgan fingerprint density at radius 1 is 1.19 bits per heavy atom. The highest BCUT2D eigenvalue weighted by atomic mass is 19.3. The minimum atomic E-state index is -2.98. The second kappa shape index (κ2) is 8.33. The van der Waals surface area contributed by atoms with Gasteiger partial charge in [-0.15, -0.1) is 0 Å². The number of hydrogen-bond donors (Lipinski definition) is 2. The van der Waals surface area contributed by atoms with Crippen LogP contribution in [-0.4, -0.2) is 42.7 Å². The van der Waals surface area contributed by atoms with Gasteiger partial charge in [-0.25, -0.2) is 4.79 Å². The Morgan fingerprint density at radius 3 is 2.62 bits per heavy atom. The van der Waals surface area contributed by atoms with Crippen molar-refractivity contribution in [1.29, 1.82) is 0 Å². The Labute approximate surface area is 181 Å². The highest BCUT2D eigenvalue weighted by Gasteiger charge is 2.49. The molecule has 2 N–H and O–H groups in total. The minimum absolute atomic E-state index is 0.0797. The van der Waals surface area contributed by atoms with Gasteiger partial charge in [0.1, 0.15) is 17.8 Å². The molecule has 0 bridgehead atoms. The molecule has 2 heterocycles. The molecule has 4 amide bonds. The van der Waals surface area contributed by atoms with E-state index in [9.17, 15) is 23.2 Å². The molecule has 168 valence electrons. The van der Waals surface area contributed by atoms with Crippen LogP contribution >= 0.6 is 0 Å². The zero-order chi connectivity index (χ0) is 22.9. The van der Waals surface area contributed by atoms with Gasteiger partial charge in [-0.3, -0.25) is 14.5 Å². The van der Waals surface area contributed by atoms with Crippen LogP contribution in [0.3, 0.4) is 0 Å². The summed E-state index contributed by atoms with van der Waals surface area (Å²) in [4.78, 5) is 38.5. The van der Waals surface area contributed by atoms with Crippen LogP contribution in [0.15, 0.2) is 42.5 Å². The van der Waals surface area contributed by atoms with Crippen LogP contribution in [0.25, 0.3) is 0 Å². The number of nitrogens with zero attached hydrogens (tertiary/aromatic N) is 1. The van der Waals surface area contributed by atoms with Crippen molar-refractivity contribution >= 4 is 17.8 Å². The van der Waals surface area contributed by atoms with E-state index in [2.05, 4.69) is 15.4 Å². The van der Waals surface area contributed by atoms with Crippen LogP contribution in [0.2, 0.25) is 0 Å². The van der Waals surface area contributed by atoms with Crippen molar-refractivity contribution in [3.05, 3.63) is 53.6 Å². The Balaban J connectivity index is 1.38. The molecule has 0 radical (unpaired) electrons. The van der Waals surface area contributed by atoms with Crippen molar-refractivity contribution in [2.75, 3.05) is 13.3 Å². The van der Waals surface area contributed by atoms with Crippen LogP contribution in [-0.2, 0) is 21.7 Å². The Hall–Kier alpha value is -3.89. The maximum atomic E-state index is 12.9. The molecule has 11 heteroatoms. The number of carbonyl (C=O) groups excluding carboxylic acids is 3. The molecule has 2 aromatic carbocycles. The fourth-order valence-corrected chi connectivity index (χ4v) is 3.46. The number of fused-ring (bicyclic) bond motifs is 1. The summed E-state index contributed by atoms with van der Waals surface area (Å²) in [6, 6.07) is 9.83. The zero-order valence-electron chi connectivity index (χ0n) is 16.9. The van der Waals surface area contributed by atoms with Crippen molar-refractivity contribution in [1.82, 2.24) is 15.5 Å². The predicted molar refractivity (Wildman–Crippen MR) is 105 cm³/mol. The van der Waals surface area contributed by atoms with Gasteiger partial charge in [0.15, 0.2) is 11.5 Å². The van der Waals surface area contributed by atoms with Gasteiger partial charge in [0.05, 0.1) is 0 Å². The maximum absolute atomic E-state index is 12.9. The lowest BCUT2D eigenvalue weighted by Crippen LogP contribution is -2.43. The third-order valence-electron chi connectivity index (χ3n) is 5.16. The average Bonchev–Trinajstić information content (AvgIpc) is 3.30. The number of rotatable bonds is 7. The second-order valence-electron chi connectivity index (χ2n) is 7.31. The average molecular weight is 447 g/mol. The molecule has 32 heavy (non-hydrogen) atoms. The fourth-order valence-electron chi connectivity index (χ4n) is 3.46. The lowest BCUT2D eigenvalue weighted by molar-refractivity contribution is -0.134. The summed E-state index contributed by atoms with van der Waals surface area (Å²) in [5.74, 6) is -0.0534. The number of hydrogen-bond acceptors (Lipinski definition) is 6. The molecule has 1 fully saturated rings. The first-order valence-corrected chi connectivity index (χ1v) is 9.61. The molecule has 1 atom stereocenters. The monoisotopic (exact) mass is 447 g/mol. The molecule has 4 rings (SSSR count). The molecule has 0 unspecified atom stereocenters. The van der Waals surface area contributed by atoms with E-state index in [0.717, 1.165) is 10.5 Å². The number of halogens is 2. The van der Waals surface area contributed by atoms with Crippen LogP contribution in [0.1, 0.15) is 18.1 Å². The third-order valence-corrected chi connectivity index (χ3v) is 5.16. The quantitative estimate of drug-likeness (QED) is 0.630. The summed E-state index contributed by atoms with van der Waals surface area (Å²) in [5.41, 5.74) is -0.325. The van der Waals surface area contributed by atoms with E-state index < -0.39 is 36.5 Å². The van der Waals surface area contributed by atoms with Crippen LogP contribution in [0, 0.1) is 0 Å². The first kappa shape index (κ1) is 21.3. The van der Waals surface area contributed by atoms with Gasteiger partial charge in [-0.05, 0) is 42.3 Å². The molecular formula is C21H19F2N3O6. The van der Waals surface area contributed by atoms with Crippen LogP contribution in [0.5, 0.6) is 17.2 Å². The van der Waals surface area contributed by atoms with E-state index >= 15 is 0 Å². The molecule has 0 aromatic heterocycles. The lowest BCUT2D eigenvalue weighted by atomic mass is 9.92. The van der Waals surface area contributed by atoms with E-state index in [1.807, 2.05) is 0 Å². The highest BCUT2D eigenvalue weighted by Crippen LogP contribution is 2.32. The number of amides is 4. The van der Waals surface area contributed by atoms with Crippen LogP contribution in [0.4, 0.5) is 13.6 Å². The Morgan fingerprint density at radius 2 is 1.91 bits per heavy atom. The van der Waals surface area contributed by atoms with Gasteiger partial charge >= 0.3 is 12.6 Å². The third kappa shape index (κ3) is 4.13. The number of imide groups is 1. The molecule has 9 nitrogen and oxygen atoms in total. The van der Waals surface area contributed by atoms with E-state index in [-0.39, 0.29) is 19.1 Å². The number of carbonyl (C=O) groups is 3. The van der Waals surface area contributed by atoms with E-state index in [1.165, 1.54) is 31.2 Å². The standard InChI is InChI=1S/C21H19F2N3O6/c1-21(13-3-5-14(6-4-13)32-19(22)23)18(28)26(20(29)25-21)10-17(27)24-9-12-2-7-15-16(8-12)31-11-30-15/h2-8,19H,9-11H2,1H3,(H,24,27)(H,25,29)/t21-/m1/s1. The summed E-state index contributed by atoms with van der Waals surface area (Å²) in [6.45, 7) is -1.67. The van der Waals surface area contributed by atoms with Crippen molar-refractivity contribution in [2.45, 2.75) is 25.6 Å². The SMILES string of the molecule is C[C@]1(c2ccc(OC(F)F)cc2)NC(=O)N(CC(=O)NCc2ccc3c(c2)OCO3)C1=O. The Kier molecular flexibility index (Phi) is 5.56. The van der Waals surface area contributed by atoms with E-state index in [4.69, 9.17) is 9.47 Å². The zero-order valence-corrected chi connectivity index (χ0v) is 16.9. The summed E-state index contributed by atoms with van der Waals surface area (Å²) >= 11 is 0. The highest BCUT2D eigenvalue weighted by molar-refractivity contribution is 6.09. The van der Waals surface area contributed by atoms with Crippen LogP contribution < -0.4 is 24.8 Å². The van der Waals surface area contributed by atoms with Crippen molar-refractivity contribution < 1.29 is 37.4 Å². The van der Waals surface area contributed by atoms with Gasteiger partial charge in [0.25, 0.3) is 5.91 Å². The van der Waals surface area contributed by atoms with Gasteiger partial charge in [0, 0.05) is 6.54 Å². The molecule has 2 aromatic rings. The molecule has 2 aliphatic rings. The molecule has 1 saturated heterocycles. The molecular weight excluding hydrogens is 428 g/mol. The molecule has 0 spiro atoms. The number of nitrogens with one attached hydrogen (secondary N) is 2. The minimum Gasteiger partial charge on any atom is -0.454 e. The van der Waals surface area contributed by atoms with E-state index in [1.54, 1.807) is 18.2 Å². The first-order chi connectivity index (χ1) is 15.3. The van der Waals surface area contributed by atoms with Gasteiger partial charge in [-0.1, -0.05) is 18.2 Å². The smallest absolute Gasteiger partial charge is 0.387 e. The molecule has 0 saturated carbocycles. The summed E-state index contributed by atoms with van der Waals surface area (Å²) in [7, 11) is 0. The summed E-state index contributed by atoms with van der Waals surface area (Å²) < 4.78 is 39.5. The van der Waals surface area contributed by atoms with Crippen molar-refractivity contribution in [3.63, 3.8) is 0 Å². The predicted octanol–water partition coefficient (Wildman–Crippen LogP) is 2.10. The second-order valence-corrected chi connectivity index (χ2v) is 7.31. The maximum Gasteiger partial charge on any atom is 0.387 e. The number of benzene rings is 2. The van der Waals surface area contributed by atoms with Gasteiger partial charge in [-0.2, -0.15) is 8.78 Å². The largest absolute Gasteiger partial charge is 0.454 e.